The van der Waals surface area contributed by atoms with Crippen molar-refractivity contribution in [3.8, 4) is 0 Å². The van der Waals surface area contributed by atoms with Gasteiger partial charge in [-0.25, -0.2) is 0 Å². The summed E-state index contributed by atoms with van der Waals surface area (Å²) in [6.07, 6.45) is 25.2. The van der Waals surface area contributed by atoms with E-state index in [4.69, 9.17) is 34.6 Å². The van der Waals surface area contributed by atoms with E-state index in [1.165, 1.54) is 135 Å². The van der Waals surface area contributed by atoms with Gasteiger partial charge in [-0.3, -0.25) is 4.79 Å². The van der Waals surface area contributed by atoms with Gasteiger partial charge in [0.05, 0.1) is 36.6 Å². The van der Waals surface area contributed by atoms with E-state index in [-0.39, 0.29) is 69.4 Å². The summed E-state index contributed by atoms with van der Waals surface area (Å²) in [5.74, 6) is 6.04. The number of aliphatic hydroxyl groups is 2. The molecular weight excluding hydrogens is 1260 g/mol. The van der Waals surface area contributed by atoms with Crippen molar-refractivity contribution in [1.29, 1.82) is 0 Å². The number of nitrogens with two attached hydrogens (primary N) is 1. The number of fused-ring (bicyclic) bond motifs is 21. The molecule has 0 spiro atoms. The molecule has 0 aromatic heterocycles. The highest BCUT2D eigenvalue weighted by Gasteiger charge is 2.71. The molecule has 27 atom stereocenters. The summed E-state index contributed by atoms with van der Waals surface area (Å²) in [7, 11) is 0. The van der Waals surface area contributed by atoms with Crippen LogP contribution in [-0.2, 0) is 36.8 Å². The predicted octanol–water partition coefficient (Wildman–Crippen LogP) is 20.1. The van der Waals surface area contributed by atoms with Gasteiger partial charge in [0.2, 0.25) is 0 Å². The Labute approximate surface area is 621 Å². The smallest absolute Gasteiger partial charge is 0.300 e. The molecule has 2 heterocycles. The molecule has 0 bridgehead atoms. The fourth-order valence-electron chi connectivity index (χ4n) is 26.3. The van der Waals surface area contributed by atoms with E-state index >= 15 is 0 Å². The first-order valence-corrected chi connectivity index (χ1v) is 40.3. The molecule has 12 saturated carbocycles. The quantitative estimate of drug-likeness (QED) is 0.139. The lowest BCUT2D eigenvalue weighted by molar-refractivity contribution is -0.211. The SMILES string of the molecule is C.C.C.C=C1CCC2C3C(CC[C@]12C)[C@@]1(C)CC[C@@H](N)CC1[C@H]1OC(C)(C)O[C@H]31.C=C1CCC2C3C(CC[C@]12C)[C@@]1(C)CC[C@@H](NCc2ccc(C(C)C)cc2)CC1[C@@H](O)[C@@H]3O.C=C1CCC2C3C(CC[C@]12C)[C@@]1(C)CC[C@@H](NCc2ccc(C(C)C)cc2)CC1[C@H]1OC(C)(C)O[C@H]31.CC(=O)O. The third-order valence-corrected chi connectivity index (χ3v) is 32.2. The highest BCUT2D eigenvalue weighted by molar-refractivity contribution is 5.63. The van der Waals surface area contributed by atoms with Crippen molar-refractivity contribution < 1.29 is 39.1 Å². The Kier molecular flexibility index (Phi) is 23.9. The lowest BCUT2D eigenvalue weighted by Gasteiger charge is -2.63. The zero-order valence-electron chi connectivity index (χ0n) is 64.2. The predicted molar refractivity (Wildman–Crippen MR) is 418 cm³/mol. The number of benzene rings is 2. The number of carboxylic acid groups (broad SMARTS) is 1. The van der Waals surface area contributed by atoms with Gasteiger partial charge >= 0.3 is 0 Å². The maximum absolute atomic E-state index is 11.4. The summed E-state index contributed by atoms with van der Waals surface area (Å²) in [5, 5.41) is 38.0. The Hall–Kier alpha value is -3.23. The lowest BCUT2D eigenvalue weighted by atomic mass is 9.43. The monoisotopic (exact) mass is 1410 g/mol. The average Bonchev–Trinajstić information content (AvgIpc) is 1.41. The second kappa shape index (κ2) is 30.0. The van der Waals surface area contributed by atoms with E-state index < -0.39 is 29.8 Å². The van der Waals surface area contributed by atoms with Gasteiger partial charge in [-0.1, -0.05) is 177 Å². The van der Waals surface area contributed by atoms with Crippen LogP contribution in [0.1, 0.15) is 295 Å². The van der Waals surface area contributed by atoms with Crippen LogP contribution >= 0.6 is 0 Å². The summed E-state index contributed by atoms with van der Waals surface area (Å²) >= 11 is 0. The number of aliphatic hydroxyl groups excluding tert-OH is 2. The molecule has 11 nitrogen and oxygen atoms in total. The first-order valence-electron chi connectivity index (χ1n) is 40.3. The zero-order valence-corrected chi connectivity index (χ0v) is 64.2. The molecule has 2 saturated heterocycles. The Balaban J connectivity index is 0.000000160. The van der Waals surface area contributed by atoms with Crippen molar-refractivity contribution in [2.24, 2.45) is 109 Å². The molecule has 12 aliphatic carbocycles. The molecule has 12 unspecified atom stereocenters. The molecule has 14 fully saturated rings. The summed E-state index contributed by atoms with van der Waals surface area (Å²) < 4.78 is 26.9. The highest BCUT2D eigenvalue weighted by Crippen LogP contribution is 2.72. The third-order valence-electron chi connectivity index (χ3n) is 32.2. The fourth-order valence-corrected chi connectivity index (χ4v) is 26.3. The van der Waals surface area contributed by atoms with Crippen molar-refractivity contribution in [3.63, 3.8) is 0 Å². The van der Waals surface area contributed by atoms with Gasteiger partial charge < -0.3 is 50.6 Å². The van der Waals surface area contributed by atoms with Crippen LogP contribution < -0.4 is 16.4 Å². The van der Waals surface area contributed by atoms with Crippen molar-refractivity contribution in [2.75, 3.05) is 0 Å². The van der Waals surface area contributed by atoms with Crippen molar-refractivity contribution in [1.82, 2.24) is 10.6 Å². The number of hydrogen-bond donors (Lipinski definition) is 6. The number of carbonyl (C=O) groups is 1. The minimum atomic E-state index is -0.833. The van der Waals surface area contributed by atoms with E-state index in [0.717, 1.165) is 70.4 Å². The number of carboxylic acids is 1. The van der Waals surface area contributed by atoms with E-state index in [1.807, 2.05) is 0 Å². The number of rotatable bonds is 8. The Morgan fingerprint density at radius 1 is 0.451 bits per heavy atom. The third kappa shape index (κ3) is 14.2. The molecule has 102 heavy (non-hydrogen) atoms. The van der Waals surface area contributed by atoms with Gasteiger partial charge in [-0.2, -0.15) is 0 Å². The van der Waals surface area contributed by atoms with Gasteiger partial charge in [0, 0.05) is 38.1 Å². The molecule has 11 heteroatoms. The first kappa shape index (κ1) is 81.3. The van der Waals surface area contributed by atoms with Crippen LogP contribution in [0.5, 0.6) is 0 Å². The number of allylic oxidation sites excluding steroid dienone is 3. The molecule has 0 amide bonds. The Morgan fingerprint density at radius 2 is 0.775 bits per heavy atom. The van der Waals surface area contributed by atoms with Gasteiger partial charge in [-0.05, 0) is 300 Å². The largest absolute Gasteiger partial charge is 0.481 e. The average molecular weight is 1410 g/mol. The van der Waals surface area contributed by atoms with Crippen LogP contribution in [0.2, 0.25) is 0 Å². The lowest BCUT2D eigenvalue weighted by Crippen LogP contribution is -2.64. The van der Waals surface area contributed by atoms with Gasteiger partial charge in [0.25, 0.3) is 5.97 Å². The standard InChI is InChI=1S/C33H49NO2.C30H45NO2.C23H37NO2.C2H4O2.3CH4/c1-20(2)23-11-9-22(10-12-23)19-34-24-14-16-33(7)26-15-17-32(6)21(3)8-13-25(32)28(26)30-29(27(33)18-24)35-31(4,5)36-30;1-18(2)21-9-7-20(8-10-21)17-31-22-12-14-30(5)24-13-15-29(4)19(3)6-11-23(29)26(24)28(33)27(32)25(30)16-22;1-13-6-7-15-18-16(9-11-22(13,15)4)23(5)10-8-14(24)12-17(23)19-20(18)26-21(2,3)25-19;1-2(3)4;;;/h9-12,20,24-30,34H,3,8,13-19H2,1-2,4-7H3;7-10,18,22-28,31-33H,3,6,11-17H2,1-2,4-5H3;14-20H,1,6-12,24H2,2-5H3;1H3,(H,3,4);3*1H4/t24-,25?,26?,27?,28?,29-,30-,32-,33-;22-,23?,24?,25?,26?,27-,28-,29-,30-;14-,15?,16?,17?,18?,19-,20-,22-,23-;;;;/m111..../s1. The second-order valence-electron chi connectivity index (χ2n) is 38.7. The summed E-state index contributed by atoms with van der Waals surface area (Å²) in [5.41, 5.74) is 17.9. The second-order valence-corrected chi connectivity index (χ2v) is 38.7. The van der Waals surface area contributed by atoms with E-state index in [9.17, 15) is 10.2 Å². The molecule has 0 radical (unpaired) electrons. The summed E-state index contributed by atoms with van der Waals surface area (Å²) in [6.45, 7) is 48.9. The van der Waals surface area contributed by atoms with Crippen molar-refractivity contribution in [3.05, 3.63) is 107 Å². The fraction of sp³-hybridized carbons (Fsp3) is 0.791. The number of ether oxygens (including phenoxy) is 4. The first-order chi connectivity index (χ1) is 46.6. The normalized spacial score (nSPS) is 45.5. The van der Waals surface area contributed by atoms with Gasteiger partial charge in [0.15, 0.2) is 11.6 Å². The van der Waals surface area contributed by atoms with Gasteiger partial charge in [-0.15, -0.1) is 0 Å². The van der Waals surface area contributed by atoms with Crippen LogP contribution in [-0.4, -0.2) is 87.6 Å². The van der Waals surface area contributed by atoms with Crippen molar-refractivity contribution in [2.45, 2.75) is 352 Å². The van der Waals surface area contributed by atoms with Crippen LogP contribution in [0.25, 0.3) is 0 Å². The van der Waals surface area contributed by atoms with Crippen LogP contribution in [0.4, 0.5) is 0 Å². The minimum Gasteiger partial charge on any atom is -0.481 e. The molecule has 2 aromatic rings. The number of hydrogen-bond acceptors (Lipinski definition) is 10. The topological polar surface area (TPSA) is 165 Å². The molecule has 16 rings (SSSR count). The molecule has 574 valence electrons. The van der Waals surface area contributed by atoms with Crippen LogP contribution in [0, 0.1) is 104 Å². The maximum Gasteiger partial charge on any atom is 0.300 e. The molecule has 14 aliphatic rings. The van der Waals surface area contributed by atoms with Gasteiger partial charge in [0.1, 0.15) is 0 Å². The molecule has 7 N–H and O–H groups in total. The number of nitrogens with one attached hydrogen (secondary N) is 2. The van der Waals surface area contributed by atoms with E-state index in [1.54, 1.807) is 0 Å². The minimum absolute atomic E-state index is 0. The highest BCUT2D eigenvalue weighted by atomic mass is 16.8. The van der Waals surface area contributed by atoms with Crippen LogP contribution in [0.15, 0.2) is 85.0 Å². The molecule has 2 aliphatic heterocycles. The van der Waals surface area contributed by atoms with Crippen molar-refractivity contribution >= 4 is 5.97 Å². The summed E-state index contributed by atoms with van der Waals surface area (Å²) in [4.78, 5) is 9.00. The maximum atomic E-state index is 11.4. The zero-order chi connectivity index (χ0) is 71.1. The van der Waals surface area contributed by atoms with Crippen LogP contribution in [0.3, 0.4) is 0 Å². The Morgan fingerprint density at radius 3 is 1.16 bits per heavy atom. The summed E-state index contributed by atoms with van der Waals surface area (Å²) in [6, 6.07) is 19.5. The molecular formula is C91H147N3O8. The van der Waals surface area contributed by atoms with E-state index in [0.29, 0.717) is 99.0 Å². The number of aliphatic carboxylic acids is 1. The van der Waals surface area contributed by atoms with E-state index in [2.05, 4.69) is 176 Å². The Bertz CT molecular complexity index is 3270. The molecule has 2 aromatic carbocycles.